The molecule has 1 fully saturated rings. The number of alkyl halides is 1. The van der Waals surface area contributed by atoms with Crippen LogP contribution in [-0.4, -0.2) is 18.8 Å². The first-order valence-corrected chi connectivity index (χ1v) is 7.10. The molecule has 0 N–H and O–H groups in total. The van der Waals surface area contributed by atoms with E-state index in [1.54, 1.807) is 0 Å². The van der Waals surface area contributed by atoms with Crippen molar-refractivity contribution in [3.8, 4) is 5.75 Å². The summed E-state index contributed by atoms with van der Waals surface area (Å²) in [5, 5.41) is 0. The highest BCUT2D eigenvalue weighted by Gasteiger charge is 2.24. The third kappa shape index (κ3) is 3.46. The lowest BCUT2D eigenvalue weighted by Gasteiger charge is -2.18. The first-order valence-electron chi connectivity index (χ1n) is 6.19. The smallest absolute Gasteiger partial charge is 0.119 e. The van der Waals surface area contributed by atoms with Crippen LogP contribution in [0.25, 0.3) is 0 Å². The van der Waals surface area contributed by atoms with Crippen LogP contribution in [0.1, 0.15) is 37.1 Å². The molecule has 1 heterocycles. The Labute approximate surface area is 111 Å². The molecule has 2 nitrogen and oxygen atoms in total. The fraction of sp³-hybridized carbons (Fsp3) is 0.571. The summed E-state index contributed by atoms with van der Waals surface area (Å²) in [4.78, 5) is 0.290. The van der Waals surface area contributed by atoms with Gasteiger partial charge in [0.05, 0.1) is 17.0 Å². The molecular formula is C14H19BrO2. The monoisotopic (exact) mass is 298 g/mol. The minimum Gasteiger partial charge on any atom is -0.491 e. The van der Waals surface area contributed by atoms with E-state index in [0.717, 1.165) is 18.8 Å². The molecule has 0 bridgehead atoms. The number of ether oxygens (including phenoxy) is 2. The molecule has 1 aliphatic heterocycles. The van der Waals surface area contributed by atoms with E-state index in [4.69, 9.17) is 9.47 Å². The Kier molecular flexibility index (Phi) is 4.46. The summed E-state index contributed by atoms with van der Waals surface area (Å²) in [5.41, 5.74) is 1.26. The Bertz CT molecular complexity index is 342. The Morgan fingerprint density at radius 1 is 1.29 bits per heavy atom. The van der Waals surface area contributed by atoms with Crippen molar-refractivity contribution >= 4 is 15.9 Å². The van der Waals surface area contributed by atoms with Gasteiger partial charge < -0.3 is 9.47 Å². The fourth-order valence-electron chi connectivity index (χ4n) is 2.05. The van der Waals surface area contributed by atoms with Crippen LogP contribution in [0.2, 0.25) is 0 Å². The number of hydrogen-bond donors (Lipinski definition) is 0. The van der Waals surface area contributed by atoms with Gasteiger partial charge in [-0.3, -0.25) is 0 Å². The third-order valence-electron chi connectivity index (χ3n) is 2.86. The van der Waals surface area contributed by atoms with Gasteiger partial charge >= 0.3 is 0 Å². The largest absolute Gasteiger partial charge is 0.491 e. The van der Waals surface area contributed by atoms with Crippen LogP contribution in [0.15, 0.2) is 24.3 Å². The maximum absolute atomic E-state index is 5.69. The van der Waals surface area contributed by atoms with E-state index in [0.29, 0.717) is 6.10 Å². The molecule has 2 unspecified atom stereocenters. The standard InChI is InChI=1S/C14H19BrO2/c1-10(2)17-12-7-5-11(6-8-12)14(15)13-4-3-9-16-13/h5-8,10,13-14H,3-4,9H2,1-2H3. The quantitative estimate of drug-likeness (QED) is 0.780. The van der Waals surface area contributed by atoms with E-state index in [-0.39, 0.29) is 10.9 Å². The van der Waals surface area contributed by atoms with Crippen LogP contribution in [-0.2, 0) is 4.74 Å². The SMILES string of the molecule is CC(C)Oc1ccc(C(Br)C2CCCO2)cc1. The average Bonchev–Trinajstić information content (AvgIpc) is 2.82. The average molecular weight is 299 g/mol. The topological polar surface area (TPSA) is 18.5 Å². The maximum Gasteiger partial charge on any atom is 0.119 e. The maximum atomic E-state index is 5.69. The van der Waals surface area contributed by atoms with Crippen molar-refractivity contribution < 1.29 is 9.47 Å². The van der Waals surface area contributed by atoms with Gasteiger partial charge in [-0.2, -0.15) is 0 Å². The zero-order chi connectivity index (χ0) is 12.3. The molecule has 0 saturated carbocycles. The zero-order valence-corrected chi connectivity index (χ0v) is 11.9. The molecular weight excluding hydrogens is 280 g/mol. The predicted octanol–water partition coefficient (Wildman–Crippen LogP) is 4.09. The highest BCUT2D eigenvalue weighted by atomic mass is 79.9. The van der Waals surface area contributed by atoms with Crippen molar-refractivity contribution in [3.63, 3.8) is 0 Å². The lowest BCUT2D eigenvalue weighted by molar-refractivity contribution is 0.110. The summed E-state index contributed by atoms with van der Waals surface area (Å²) in [7, 11) is 0. The van der Waals surface area contributed by atoms with Crippen molar-refractivity contribution in [1.29, 1.82) is 0 Å². The lowest BCUT2D eigenvalue weighted by atomic mass is 10.1. The predicted molar refractivity (Wildman–Crippen MR) is 72.8 cm³/mol. The summed E-state index contributed by atoms with van der Waals surface area (Å²) in [6.45, 7) is 4.96. The molecule has 1 aliphatic rings. The van der Waals surface area contributed by atoms with E-state index >= 15 is 0 Å². The van der Waals surface area contributed by atoms with E-state index in [1.165, 1.54) is 12.0 Å². The Balaban J connectivity index is 2.01. The van der Waals surface area contributed by atoms with Crippen molar-refractivity contribution in [2.75, 3.05) is 6.61 Å². The number of benzene rings is 1. The molecule has 1 aromatic carbocycles. The summed E-state index contributed by atoms with van der Waals surface area (Å²) in [6.07, 6.45) is 2.84. The van der Waals surface area contributed by atoms with Gasteiger partial charge in [0, 0.05) is 6.61 Å². The Morgan fingerprint density at radius 2 is 2.00 bits per heavy atom. The van der Waals surface area contributed by atoms with Gasteiger partial charge in [-0.1, -0.05) is 28.1 Å². The fourth-order valence-corrected chi connectivity index (χ4v) is 2.77. The molecule has 0 spiro atoms. The minimum atomic E-state index is 0.221. The molecule has 0 amide bonds. The molecule has 0 aromatic heterocycles. The molecule has 1 aromatic rings. The Hall–Kier alpha value is -0.540. The summed E-state index contributed by atoms with van der Waals surface area (Å²) < 4.78 is 11.3. The second kappa shape index (κ2) is 5.87. The summed E-state index contributed by atoms with van der Waals surface area (Å²) in [5.74, 6) is 0.927. The van der Waals surface area contributed by atoms with Gasteiger partial charge in [-0.05, 0) is 44.4 Å². The molecule has 3 heteroatoms. The normalized spacial score (nSPS) is 21.8. The molecule has 2 atom stereocenters. The molecule has 0 radical (unpaired) electrons. The number of halogens is 1. The third-order valence-corrected chi connectivity index (χ3v) is 3.98. The van der Waals surface area contributed by atoms with Crippen LogP contribution >= 0.6 is 15.9 Å². The highest BCUT2D eigenvalue weighted by molar-refractivity contribution is 9.09. The second-order valence-electron chi connectivity index (χ2n) is 4.69. The minimum absolute atomic E-state index is 0.221. The van der Waals surface area contributed by atoms with Gasteiger partial charge in [-0.25, -0.2) is 0 Å². The van der Waals surface area contributed by atoms with Crippen molar-refractivity contribution in [2.45, 2.75) is 43.7 Å². The van der Waals surface area contributed by atoms with Crippen LogP contribution < -0.4 is 4.74 Å². The van der Waals surface area contributed by atoms with Crippen LogP contribution in [0.3, 0.4) is 0 Å². The van der Waals surface area contributed by atoms with Gasteiger partial charge in [0.2, 0.25) is 0 Å². The molecule has 17 heavy (non-hydrogen) atoms. The number of hydrogen-bond acceptors (Lipinski definition) is 2. The summed E-state index contributed by atoms with van der Waals surface area (Å²) in [6, 6.07) is 8.27. The highest BCUT2D eigenvalue weighted by Crippen LogP contribution is 2.34. The zero-order valence-electron chi connectivity index (χ0n) is 10.4. The van der Waals surface area contributed by atoms with Crippen molar-refractivity contribution in [3.05, 3.63) is 29.8 Å². The molecule has 2 rings (SSSR count). The summed E-state index contributed by atoms with van der Waals surface area (Å²) >= 11 is 3.72. The second-order valence-corrected chi connectivity index (χ2v) is 5.68. The van der Waals surface area contributed by atoms with E-state index in [2.05, 4.69) is 28.1 Å². The van der Waals surface area contributed by atoms with Gasteiger partial charge in [0.25, 0.3) is 0 Å². The lowest BCUT2D eigenvalue weighted by Crippen LogP contribution is -2.12. The van der Waals surface area contributed by atoms with Crippen LogP contribution in [0, 0.1) is 0 Å². The van der Waals surface area contributed by atoms with E-state index in [1.807, 2.05) is 26.0 Å². The molecule has 0 aliphatic carbocycles. The first-order chi connectivity index (χ1) is 8.16. The molecule has 94 valence electrons. The van der Waals surface area contributed by atoms with Gasteiger partial charge in [0.1, 0.15) is 5.75 Å². The van der Waals surface area contributed by atoms with Crippen LogP contribution in [0.4, 0.5) is 0 Å². The first kappa shape index (κ1) is 12.9. The van der Waals surface area contributed by atoms with E-state index in [9.17, 15) is 0 Å². The number of rotatable bonds is 4. The Morgan fingerprint density at radius 3 is 2.53 bits per heavy atom. The van der Waals surface area contributed by atoms with Crippen LogP contribution in [0.5, 0.6) is 5.75 Å². The molecule has 1 saturated heterocycles. The van der Waals surface area contributed by atoms with E-state index < -0.39 is 0 Å². The van der Waals surface area contributed by atoms with Crippen molar-refractivity contribution in [1.82, 2.24) is 0 Å². The van der Waals surface area contributed by atoms with Gasteiger partial charge in [0.15, 0.2) is 0 Å². The van der Waals surface area contributed by atoms with Gasteiger partial charge in [-0.15, -0.1) is 0 Å². The van der Waals surface area contributed by atoms with Crippen molar-refractivity contribution in [2.24, 2.45) is 0 Å².